The first kappa shape index (κ1) is 14.9. The Bertz CT molecular complexity index is 435. The standard InChI is InChI=1S/C11H9BrF4O2/c1-5(12)9(17)6-3-2-4-7(18-11(15)16)8(6)10(13)14/h2-5,10-11H,1H3. The van der Waals surface area contributed by atoms with Crippen LogP contribution >= 0.6 is 15.9 Å². The van der Waals surface area contributed by atoms with Gasteiger partial charge in [0.25, 0.3) is 6.43 Å². The molecule has 0 bridgehead atoms. The van der Waals surface area contributed by atoms with E-state index in [0.717, 1.165) is 12.1 Å². The zero-order valence-corrected chi connectivity index (χ0v) is 10.8. The molecule has 0 saturated heterocycles. The van der Waals surface area contributed by atoms with Crippen molar-refractivity contribution in [3.63, 3.8) is 0 Å². The molecule has 2 nitrogen and oxygen atoms in total. The Balaban J connectivity index is 3.30. The Morgan fingerprint density at radius 2 is 1.89 bits per heavy atom. The molecule has 1 aromatic carbocycles. The van der Waals surface area contributed by atoms with Gasteiger partial charge in [0, 0.05) is 5.56 Å². The number of alkyl halides is 5. The van der Waals surface area contributed by atoms with Crippen LogP contribution in [0.5, 0.6) is 5.75 Å². The molecule has 7 heteroatoms. The van der Waals surface area contributed by atoms with Crippen LogP contribution in [-0.4, -0.2) is 17.2 Å². The quantitative estimate of drug-likeness (QED) is 0.460. The number of carbonyl (C=O) groups excluding carboxylic acids is 1. The minimum atomic E-state index is -3.23. The summed E-state index contributed by atoms with van der Waals surface area (Å²) in [5, 5.41) is 0. The predicted molar refractivity (Wildman–Crippen MR) is 60.8 cm³/mol. The van der Waals surface area contributed by atoms with Gasteiger partial charge < -0.3 is 4.74 Å². The van der Waals surface area contributed by atoms with Crippen molar-refractivity contribution in [1.29, 1.82) is 0 Å². The molecule has 0 aromatic heterocycles. The van der Waals surface area contributed by atoms with Gasteiger partial charge in [-0.05, 0) is 13.0 Å². The first-order chi connectivity index (χ1) is 8.34. The van der Waals surface area contributed by atoms with Crippen molar-refractivity contribution < 1.29 is 27.1 Å². The fourth-order valence-corrected chi connectivity index (χ4v) is 1.64. The zero-order valence-electron chi connectivity index (χ0n) is 9.17. The number of ketones is 1. The smallest absolute Gasteiger partial charge is 0.387 e. The Morgan fingerprint density at radius 1 is 1.28 bits per heavy atom. The molecule has 0 amide bonds. The fraction of sp³-hybridized carbons (Fsp3) is 0.364. The highest BCUT2D eigenvalue weighted by atomic mass is 79.9. The van der Waals surface area contributed by atoms with E-state index in [1.807, 2.05) is 0 Å². The number of rotatable bonds is 5. The topological polar surface area (TPSA) is 26.3 Å². The van der Waals surface area contributed by atoms with Gasteiger partial charge in [-0.1, -0.05) is 28.1 Å². The maximum Gasteiger partial charge on any atom is 0.387 e. The monoisotopic (exact) mass is 328 g/mol. The summed E-state index contributed by atoms with van der Waals surface area (Å²) in [5.41, 5.74) is -1.14. The Labute approximate surface area is 109 Å². The number of ether oxygens (including phenoxy) is 1. The van der Waals surface area contributed by atoms with Gasteiger partial charge in [0.2, 0.25) is 0 Å². The Morgan fingerprint density at radius 3 is 2.33 bits per heavy atom. The summed E-state index contributed by atoms with van der Waals surface area (Å²) in [6.07, 6.45) is -3.08. The minimum absolute atomic E-state index is 0.326. The van der Waals surface area contributed by atoms with E-state index in [2.05, 4.69) is 20.7 Å². The molecule has 1 rings (SSSR count). The first-order valence-electron chi connectivity index (χ1n) is 4.88. The lowest BCUT2D eigenvalue weighted by molar-refractivity contribution is -0.0520. The molecule has 0 aliphatic heterocycles. The summed E-state index contributed by atoms with van der Waals surface area (Å²) < 4.78 is 53.9. The molecule has 0 N–H and O–H groups in total. The van der Waals surface area contributed by atoms with Crippen molar-refractivity contribution in [2.24, 2.45) is 0 Å². The van der Waals surface area contributed by atoms with Crippen molar-refractivity contribution in [3.05, 3.63) is 29.3 Å². The molecule has 0 aliphatic rings. The number of carbonyl (C=O) groups is 1. The molecule has 0 fully saturated rings. The normalized spacial score (nSPS) is 12.9. The highest BCUT2D eigenvalue weighted by Gasteiger charge is 2.26. The van der Waals surface area contributed by atoms with Crippen LogP contribution in [0, 0.1) is 0 Å². The third kappa shape index (κ3) is 3.44. The van der Waals surface area contributed by atoms with Gasteiger partial charge >= 0.3 is 6.61 Å². The van der Waals surface area contributed by atoms with E-state index in [1.165, 1.54) is 13.0 Å². The summed E-state index contributed by atoms with van der Waals surface area (Å²) >= 11 is 2.95. The van der Waals surface area contributed by atoms with Gasteiger partial charge in [-0.15, -0.1) is 0 Å². The fourth-order valence-electron chi connectivity index (χ4n) is 1.40. The SMILES string of the molecule is CC(Br)C(=O)c1cccc(OC(F)F)c1C(F)F. The van der Waals surface area contributed by atoms with Gasteiger partial charge in [0.15, 0.2) is 5.78 Å². The number of Topliss-reactive ketones (excluding diaryl/α,β-unsaturated/α-hetero) is 1. The first-order valence-corrected chi connectivity index (χ1v) is 5.80. The lowest BCUT2D eigenvalue weighted by atomic mass is 10.0. The maximum absolute atomic E-state index is 12.9. The highest BCUT2D eigenvalue weighted by molar-refractivity contribution is 9.10. The largest absolute Gasteiger partial charge is 0.434 e. The van der Waals surface area contributed by atoms with E-state index >= 15 is 0 Å². The number of benzene rings is 1. The molecule has 1 unspecified atom stereocenters. The van der Waals surface area contributed by atoms with E-state index in [4.69, 9.17) is 0 Å². The maximum atomic E-state index is 12.9. The highest BCUT2D eigenvalue weighted by Crippen LogP contribution is 2.34. The van der Waals surface area contributed by atoms with Crippen LogP contribution in [0.15, 0.2) is 18.2 Å². The molecule has 18 heavy (non-hydrogen) atoms. The third-order valence-corrected chi connectivity index (χ3v) is 2.54. The number of halogens is 5. The van der Waals surface area contributed by atoms with Crippen molar-refractivity contribution in [1.82, 2.24) is 0 Å². The molecule has 0 heterocycles. The van der Waals surface area contributed by atoms with E-state index in [0.29, 0.717) is 0 Å². The summed E-state index contributed by atoms with van der Waals surface area (Å²) in [6.45, 7) is -1.77. The molecule has 0 radical (unpaired) electrons. The molecule has 0 aliphatic carbocycles. The van der Waals surface area contributed by atoms with Gasteiger partial charge in [-0.25, -0.2) is 8.78 Å². The van der Waals surface area contributed by atoms with Crippen LogP contribution in [0.2, 0.25) is 0 Å². The lowest BCUT2D eigenvalue weighted by Crippen LogP contribution is -2.15. The van der Waals surface area contributed by atoms with Gasteiger partial charge in [-0.2, -0.15) is 8.78 Å². The van der Waals surface area contributed by atoms with E-state index in [-0.39, 0.29) is 5.56 Å². The van der Waals surface area contributed by atoms with Crippen LogP contribution in [0.4, 0.5) is 17.6 Å². The molecule has 0 saturated carbocycles. The molecule has 0 spiro atoms. The van der Waals surface area contributed by atoms with Gasteiger partial charge in [0.05, 0.1) is 10.4 Å². The van der Waals surface area contributed by atoms with Crippen LogP contribution in [-0.2, 0) is 0 Å². The van der Waals surface area contributed by atoms with Crippen molar-refractivity contribution >= 4 is 21.7 Å². The minimum Gasteiger partial charge on any atom is -0.434 e. The van der Waals surface area contributed by atoms with E-state index in [9.17, 15) is 22.4 Å². The second-order valence-electron chi connectivity index (χ2n) is 3.38. The van der Waals surface area contributed by atoms with Crippen LogP contribution in [0.1, 0.15) is 29.3 Å². The average Bonchev–Trinajstić information content (AvgIpc) is 2.26. The van der Waals surface area contributed by atoms with Crippen LogP contribution in [0.3, 0.4) is 0 Å². The molecular weight excluding hydrogens is 320 g/mol. The summed E-state index contributed by atoms with van der Waals surface area (Å²) in [5.74, 6) is -1.30. The van der Waals surface area contributed by atoms with Gasteiger partial charge in [0.1, 0.15) is 5.75 Å². The summed E-state index contributed by atoms with van der Waals surface area (Å²) in [6, 6.07) is 3.34. The van der Waals surface area contributed by atoms with E-state index < -0.39 is 35.0 Å². The lowest BCUT2D eigenvalue weighted by Gasteiger charge is -2.14. The third-order valence-electron chi connectivity index (χ3n) is 2.13. The summed E-state index contributed by atoms with van der Waals surface area (Å²) in [4.78, 5) is 11.0. The second kappa shape index (κ2) is 6.17. The second-order valence-corrected chi connectivity index (χ2v) is 4.75. The number of hydrogen-bond acceptors (Lipinski definition) is 2. The average molecular weight is 329 g/mol. The predicted octanol–water partition coefficient (Wildman–Crippen LogP) is 4.19. The molecule has 1 aromatic rings. The molecular formula is C11H9BrF4O2. The Hall–Kier alpha value is -1.11. The number of hydrogen-bond donors (Lipinski definition) is 0. The molecule has 100 valence electrons. The summed E-state index contributed by atoms with van der Waals surface area (Å²) in [7, 11) is 0. The Kier molecular flexibility index (Phi) is 5.13. The van der Waals surface area contributed by atoms with E-state index in [1.54, 1.807) is 0 Å². The van der Waals surface area contributed by atoms with Crippen LogP contribution in [0.25, 0.3) is 0 Å². The van der Waals surface area contributed by atoms with Crippen molar-refractivity contribution in [2.75, 3.05) is 0 Å². The van der Waals surface area contributed by atoms with Crippen molar-refractivity contribution in [2.45, 2.75) is 24.8 Å². The van der Waals surface area contributed by atoms with Crippen LogP contribution < -0.4 is 4.74 Å². The molecule has 1 atom stereocenters. The van der Waals surface area contributed by atoms with Gasteiger partial charge in [-0.3, -0.25) is 4.79 Å². The zero-order chi connectivity index (χ0) is 13.9. The van der Waals surface area contributed by atoms with Crippen molar-refractivity contribution in [3.8, 4) is 5.75 Å².